The van der Waals surface area contributed by atoms with E-state index in [2.05, 4.69) is 16.4 Å². The Morgan fingerprint density at radius 1 is 1.16 bits per heavy atom. The van der Waals surface area contributed by atoms with Gasteiger partial charge in [-0.2, -0.15) is 0 Å². The fourth-order valence-corrected chi connectivity index (χ4v) is 2.29. The summed E-state index contributed by atoms with van der Waals surface area (Å²) in [5.74, 6) is 1.66. The van der Waals surface area contributed by atoms with Crippen LogP contribution in [0.2, 0.25) is 0 Å². The molecule has 4 nitrogen and oxygen atoms in total. The molecule has 1 atom stereocenters. The largest absolute Gasteiger partial charge is 0.454 e. The number of ether oxygens (including phenoxy) is 2. The predicted octanol–water partition coefficient (Wildman–Crippen LogP) is 2.31. The van der Waals surface area contributed by atoms with Gasteiger partial charge < -0.3 is 14.8 Å². The number of nitrogens with zero attached hydrogens (tertiary/aromatic N) is 1. The van der Waals surface area contributed by atoms with Crippen molar-refractivity contribution in [3.63, 3.8) is 0 Å². The maximum atomic E-state index is 5.41. The highest BCUT2D eigenvalue weighted by molar-refractivity contribution is 5.44. The molecule has 1 aromatic heterocycles. The maximum Gasteiger partial charge on any atom is 0.231 e. The molecule has 0 saturated carbocycles. The Labute approximate surface area is 112 Å². The predicted molar refractivity (Wildman–Crippen MR) is 72.3 cm³/mol. The molecule has 1 aliphatic heterocycles. The lowest BCUT2D eigenvalue weighted by Gasteiger charge is -2.16. The van der Waals surface area contributed by atoms with E-state index >= 15 is 0 Å². The third-order valence-electron chi connectivity index (χ3n) is 3.33. The van der Waals surface area contributed by atoms with Crippen molar-refractivity contribution in [2.24, 2.45) is 0 Å². The van der Waals surface area contributed by atoms with Gasteiger partial charge in [0.25, 0.3) is 0 Å². The number of likely N-dealkylation sites (N-methyl/N-ethyl adjacent to an activating group) is 1. The lowest BCUT2D eigenvalue weighted by molar-refractivity contribution is 0.174. The van der Waals surface area contributed by atoms with Crippen LogP contribution < -0.4 is 14.8 Å². The Balaban J connectivity index is 1.80. The van der Waals surface area contributed by atoms with E-state index in [1.54, 1.807) is 0 Å². The topological polar surface area (TPSA) is 43.4 Å². The van der Waals surface area contributed by atoms with Crippen LogP contribution in [0, 0.1) is 0 Å². The van der Waals surface area contributed by atoms with E-state index in [1.165, 1.54) is 11.1 Å². The maximum absolute atomic E-state index is 5.41. The van der Waals surface area contributed by atoms with Gasteiger partial charge in [-0.05, 0) is 48.9 Å². The number of nitrogens with one attached hydrogen (secondary N) is 1. The summed E-state index contributed by atoms with van der Waals surface area (Å²) in [4.78, 5) is 4.05. The molecule has 0 bridgehead atoms. The third kappa shape index (κ3) is 2.53. The van der Waals surface area contributed by atoms with E-state index in [4.69, 9.17) is 9.47 Å². The lowest BCUT2D eigenvalue weighted by Crippen LogP contribution is -2.18. The fourth-order valence-electron chi connectivity index (χ4n) is 2.29. The minimum Gasteiger partial charge on any atom is -0.454 e. The average molecular weight is 256 g/mol. The second kappa shape index (κ2) is 5.28. The summed E-state index contributed by atoms with van der Waals surface area (Å²) in [5.41, 5.74) is 2.45. The molecule has 0 amide bonds. The molecule has 0 aliphatic carbocycles. The zero-order valence-corrected chi connectivity index (χ0v) is 10.8. The van der Waals surface area contributed by atoms with Gasteiger partial charge in [-0.15, -0.1) is 0 Å². The molecule has 0 saturated heterocycles. The summed E-state index contributed by atoms with van der Waals surface area (Å²) < 4.78 is 10.7. The molecule has 2 heterocycles. The van der Waals surface area contributed by atoms with Crippen LogP contribution in [0.3, 0.4) is 0 Å². The summed E-state index contributed by atoms with van der Waals surface area (Å²) >= 11 is 0. The summed E-state index contributed by atoms with van der Waals surface area (Å²) in [6.07, 6.45) is 4.54. The molecule has 1 unspecified atom stereocenters. The zero-order chi connectivity index (χ0) is 13.1. The van der Waals surface area contributed by atoms with E-state index in [-0.39, 0.29) is 6.04 Å². The van der Waals surface area contributed by atoms with Crippen molar-refractivity contribution in [2.45, 2.75) is 12.5 Å². The lowest BCUT2D eigenvalue weighted by atomic mass is 9.99. The highest BCUT2D eigenvalue weighted by Crippen LogP contribution is 2.33. The monoisotopic (exact) mass is 256 g/mol. The van der Waals surface area contributed by atoms with Gasteiger partial charge in [-0.3, -0.25) is 4.98 Å². The minimum absolute atomic E-state index is 0.267. The first-order chi connectivity index (χ1) is 9.36. The zero-order valence-electron chi connectivity index (χ0n) is 10.8. The van der Waals surface area contributed by atoms with Gasteiger partial charge in [0, 0.05) is 18.4 Å². The van der Waals surface area contributed by atoms with Crippen LogP contribution in [0.15, 0.2) is 42.7 Å². The number of rotatable bonds is 4. The Kier molecular flexibility index (Phi) is 3.33. The Morgan fingerprint density at radius 3 is 2.74 bits per heavy atom. The number of hydrogen-bond donors (Lipinski definition) is 1. The molecular formula is C15H16N2O2. The van der Waals surface area contributed by atoms with Gasteiger partial charge in [0.2, 0.25) is 6.79 Å². The van der Waals surface area contributed by atoms with Crippen LogP contribution in [0.1, 0.15) is 17.2 Å². The third-order valence-corrected chi connectivity index (χ3v) is 3.33. The van der Waals surface area contributed by atoms with Gasteiger partial charge in [0.05, 0.1) is 0 Å². The van der Waals surface area contributed by atoms with Crippen LogP contribution >= 0.6 is 0 Å². The molecule has 19 heavy (non-hydrogen) atoms. The van der Waals surface area contributed by atoms with Crippen LogP contribution in [0.5, 0.6) is 11.5 Å². The smallest absolute Gasteiger partial charge is 0.231 e. The Morgan fingerprint density at radius 2 is 1.95 bits per heavy atom. The second-order valence-corrected chi connectivity index (χ2v) is 4.51. The van der Waals surface area contributed by atoms with Crippen molar-refractivity contribution in [3.8, 4) is 11.5 Å². The molecule has 1 N–H and O–H groups in total. The molecule has 0 fully saturated rings. The van der Waals surface area contributed by atoms with Crippen LogP contribution in [-0.2, 0) is 6.42 Å². The van der Waals surface area contributed by atoms with Crippen molar-refractivity contribution in [3.05, 3.63) is 53.9 Å². The van der Waals surface area contributed by atoms with E-state index in [1.807, 2.05) is 43.7 Å². The molecule has 1 aromatic carbocycles. The molecule has 1 aliphatic rings. The molecule has 0 spiro atoms. The molecule has 3 rings (SSSR count). The summed E-state index contributed by atoms with van der Waals surface area (Å²) in [7, 11) is 1.97. The molecule has 98 valence electrons. The Hall–Kier alpha value is -2.07. The molecular weight excluding hydrogens is 240 g/mol. The standard InChI is InChI=1S/C15H16N2O2/c1-16-13(12-4-6-17-7-5-12)8-11-2-3-14-15(9-11)19-10-18-14/h2-7,9,13,16H,8,10H2,1H3. The normalized spacial score (nSPS) is 14.4. The van der Waals surface area contributed by atoms with E-state index in [0.717, 1.165) is 17.9 Å². The van der Waals surface area contributed by atoms with Crippen molar-refractivity contribution in [1.82, 2.24) is 10.3 Å². The van der Waals surface area contributed by atoms with E-state index < -0.39 is 0 Å². The quantitative estimate of drug-likeness (QED) is 0.911. The number of pyridine rings is 1. The number of hydrogen-bond acceptors (Lipinski definition) is 4. The molecule has 4 heteroatoms. The van der Waals surface area contributed by atoms with Crippen LogP contribution in [0.25, 0.3) is 0 Å². The van der Waals surface area contributed by atoms with E-state index in [9.17, 15) is 0 Å². The van der Waals surface area contributed by atoms with Crippen LogP contribution in [0.4, 0.5) is 0 Å². The van der Waals surface area contributed by atoms with Crippen LogP contribution in [-0.4, -0.2) is 18.8 Å². The second-order valence-electron chi connectivity index (χ2n) is 4.51. The molecule has 2 aromatic rings. The summed E-state index contributed by atoms with van der Waals surface area (Å²) in [6, 6.07) is 10.4. The number of fused-ring (bicyclic) bond motifs is 1. The first-order valence-corrected chi connectivity index (χ1v) is 6.32. The summed E-state index contributed by atoms with van der Waals surface area (Å²) in [6.45, 7) is 0.318. The fraction of sp³-hybridized carbons (Fsp3) is 0.267. The highest BCUT2D eigenvalue weighted by atomic mass is 16.7. The average Bonchev–Trinajstić information content (AvgIpc) is 2.93. The van der Waals surface area contributed by atoms with Gasteiger partial charge in [0.1, 0.15) is 0 Å². The van der Waals surface area contributed by atoms with Crippen molar-refractivity contribution in [2.75, 3.05) is 13.8 Å². The SMILES string of the molecule is CNC(Cc1ccc2c(c1)OCO2)c1ccncc1. The first-order valence-electron chi connectivity index (χ1n) is 6.32. The molecule has 0 radical (unpaired) electrons. The highest BCUT2D eigenvalue weighted by Gasteiger charge is 2.15. The number of aromatic nitrogens is 1. The van der Waals surface area contributed by atoms with Crippen molar-refractivity contribution < 1.29 is 9.47 Å². The van der Waals surface area contributed by atoms with E-state index in [0.29, 0.717) is 6.79 Å². The van der Waals surface area contributed by atoms with Crippen molar-refractivity contribution in [1.29, 1.82) is 0 Å². The van der Waals surface area contributed by atoms with Gasteiger partial charge in [-0.1, -0.05) is 6.07 Å². The van der Waals surface area contributed by atoms with Gasteiger partial charge in [-0.25, -0.2) is 0 Å². The number of benzene rings is 1. The van der Waals surface area contributed by atoms with Crippen molar-refractivity contribution >= 4 is 0 Å². The van der Waals surface area contributed by atoms with Gasteiger partial charge in [0.15, 0.2) is 11.5 Å². The minimum atomic E-state index is 0.267. The van der Waals surface area contributed by atoms with Gasteiger partial charge >= 0.3 is 0 Å². The first kappa shape index (κ1) is 12.0. The summed E-state index contributed by atoms with van der Waals surface area (Å²) in [5, 5.41) is 3.33. The Bertz CT molecular complexity index is 557.